The minimum absolute atomic E-state index is 0.00632. The van der Waals surface area contributed by atoms with Gasteiger partial charge in [0, 0.05) is 37.4 Å². The molecule has 0 saturated carbocycles. The highest BCUT2D eigenvalue weighted by molar-refractivity contribution is 7.20. The van der Waals surface area contributed by atoms with Crippen LogP contribution in [0.25, 0.3) is 10.2 Å². The summed E-state index contributed by atoms with van der Waals surface area (Å²) in [6.07, 6.45) is 0.575. The first-order valence-corrected chi connectivity index (χ1v) is 16.8. The Bertz CT molecular complexity index is 2060. The van der Waals surface area contributed by atoms with Crippen molar-refractivity contribution in [2.24, 2.45) is 0 Å². The van der Waals surface area contributed by atoms with E-state index < -0.39 is 35.2 Å². The molecule has 3 amide bonds. The number of piperazine rings is 1. The number of benzene rings is 2. The number of hydrogen-bond acceptors (Lipinski definition) is 10. The lowest BCUT2D eigenvalue weighted by atomic mass is 9.93. The number of hydrogen-bond donors (Lipinski definition) is 3. The lowest BCUT2D eigenvalue weighted by Crippen LogP contribution is -2.44. The number of ether oxygens (including phenoxy) is 1. The van der Waals surface area contributed by atoms with Crippen molar-refractivity contribution >= 4 is 62.6 Å². The van der Waals surface area contributed by atoms with E-state index in [2.05, 4.69) is 37.9 Å². The largest absolute Gasteiger partial charge is 0.459 e. The molecule has 1 aliphatic heterocycles. The molecule has 0 radical (unpaired) electrons. The van der Waals surface area contributed by atoms with Crippen LogP contribution in [0.15, 0.2) is 71.3 Å². The number of fused-ring (bicyclic) bond motifs is 1. The first-order valence-electron chi connectivity index (χ1n) is 16.0. The predicted octanol–water partition coefficient (Wildman–Crippen LogP) is 5.76. The minimum atomic E-state index is -1.07. The molecule has 0 unspecified atom stereocenters. The van der Waals surface area contributed by atoms with Crippen molar-refractivity contribution in [1.82, 2.24) is 20.0 Å². The molecule has 50 heavy (non-hydrogen) atoms. The molecule has 1 saturated heterocycles. The third-order valence-corrected chi connectivity index (χ3v) is 9.45. The monoisotopic (exact) mass is 701 g/mol. The summed E-state index contributed by atoms with van der Waals surface area (Å²) in [5, 5.41) is 13.0. The molecule has 0 bridgehead atoms. The Labute approximate surface area is 291 Å². The highest BCUT2D eigenvalue weighted by Gasteiger charge is 2.29. The molecule has 0 aliphatic carbocycles. The second-order valence-electron chi connectivity index (χ2n) is 12.3. The van der Waals surface area contributed by atoms with Crippen LogP contribution in [-0.2, 0) is 10.3 Å². The zero-order chi connectivity index (χ0) is 35.6. The zero-order valence-electron chi connectivity index (χ0n) is 27.9. The average Bonchev–Trinajstić information content (AvgIpc) is 3.84. The molecule has 3 aromatic heterocycles. The van der Waals surface area contributed by atoms with Crippen molar-refractivity contribution < 1.29 is 32.7 Å². The Morgan fingerprint density at radius 3 is 2.42 bits per heavy atom. The molecular formula is C35H36FN7O6S. The lowest BCUT2D eigenvalue weighted by Gasteiger charge is -2.34. The smallest absolute Gasteiger partial charge is 0.436 e. The molecule has 4 heterocycles. The third-order valence-electron chi connectivity index (χ3n) is 8.34. The quantitative estimate of drug-likeness (QED) is 0.174. The molecule has 1 aliphatic rings. The van der Waals surface area contributed by atoms with Crippen molar-refractivity contribution in [1.29, 1.82) is 0 Å². The van der Waals surface area contributed by atoms with Crippen LogP contribution >= 0.6 is 11.3 Å². The zero-order valence-corrected chi connectivity index (χ0v) is 28.7. The molecule has 13 nitrogen and oxygen atoms in total. The molecular weight excluding hydrogens is 665 g/mol. The number of anilines is 3. The fourth-order valence-corrected chi connectivity index (χ4v) is 6.66. The summed E-state index contributed by atoms with van der Waals surface area (Å²) < 4.78 is 26.0. The Hall–Kier alpha value is -5.54. The molecule has 0 atom stereocenters. The number of likely N-dealkylation sites (N-methyl/N-ethyl adjacent to an activating group) is 1. The van der Waals surface area contributed by atoms with E-state index in [-0.39, 0.29) is 39.1 Å². The van der Waals surface area contributed by atoms with E-state index in [0.29, 0.717) is 10.9 Å². The maximum atomic E-state index is 14.6. The summed E-state index contributed by atoms with van der Waals surface area (Å²) in [5.41, 5.74) is 0.415. The van der Waals surface area contributed by atoms with Gasteiger partial charge in [-0.05, 0) is 70.3 Å². The van der Waals surface area contributed by atoms with E-state index in [9.17, 15) is 23.6 Å². The average molecular weight is 702 g/mol. The van der Waals surface area contributed by atoms with Crippen LogP contribution < -0.4 is 20.9 Å². The molecule has 260 valence electrons. The maximum absolute atomic E-state index is 14.6. The van der Waals surface area contributed by atoms with Gasteiger partial charge in [-0.3, -0.25) is 14.4 Å². The number of furan rings is 1. The second kappa shape index (κ2) is 14.1. The van der Waals surface area contributed by atoms with Crippen LogP contribution in [0.1, 0.15) is 56.9 Å². The van der Waals surface area contributed by atoms with Gasteiger partial charge in [-0.2, -0.15) is 4.68 Å². The van der Waals surface area contributed by atoms with Gasteiger partial charge in [-0.1, -0.05) is 18.2 Å². The van der Waals surface area contributed by atoms with E-state index in [4.69, 9.17) is 9.15 Å². The van der Waals surface area contributed by atoms with E-state index in [1.807, 2.05) is 0 Å². The molecule has 1 fully saturated rings. The van der Waals surface area contributed by atoms with Crippen LogP contribution in [-0.4, -0.2) is 78.3 Å². The third kappa shape index (κ3) is 7.09. The number of aromatic nitrogens is 2. The lowest BCUT2D eigenvalue weighted by molar-refractivity contribution is 0.0913. The number of thiophene rings is 1. The normalized spacial score (nSPS) is 13.7. The highest BCUT2D eigenvalue weighted by Crippen LogP contribution is 2.34. The maximum Gasteiger partial charge on any atom is 0.436 e. The number of amides is 3. The Morgan fingerprint density at radius 2 is 1.72 bits per heavy atom. The number of nitrogens with one attached hydrogen (secondary N) is 3. The highest BCUT2D eigenvalue weighted by atomic mass is 32.1. The van der Waals surface area contributed by atoms with Gasteiger partial charge in [-0.15, -0.1) is 16.4 Å². The van der Waals surface area contributed by atoms with Crippen LogP contribution in [0.5, 0.6) is 0 Å². The van der Waals surface area contributed by atoms with E-state index in [1.165, 1.54) is 24.5 Å². The number of carbonyl (C=O) groups excluding carboxylic acids is 4. The fourth-order valence-electron chi connectivity index (χ4n) is 5.66. The first kappa shape index (κ1) is 34.3. The minimum Gasteiger partial charge on any atom is -0.459 e. The Kier molecular flexibility index (Phi) is 9.70. The van der Waals surface area contributed by atoms with Gasteiger partial charge in [0.25, 0.3) is 17.7 Å². The van der Waals surface area contributed by atoms with Gasteiger partial charge in [-0.25, -0.2) is 9.18 Å². The molecule has 5 aromatic rings. The van der Waals surface area contributed by atoms with Gasteiger partial charge < -0.3 is 34.9 Å². The van der Waals surface area contributed by atoms with Crippen LogP contribution in [0, 0.1) is 5.82 Å². The summed E-state index contributed by atoms with van der Waals surface area (Å²) in [6, 6.07) is 15.9. The summed E-state index contributed by atoms with van der Waals surface area (Å²) in [6.45, 7) is 8.32. The number of carbonyl (C=O) groups is 4. The van der Waals surface area contributed by atoms with Crippen LogP contribution in [0.3, 0.4) is 0 Å². The molecule has 15 heteroatoms. The summed E-state index contributed by atoms with van der Waals surface area (Å²) in [4.78, 5) is 58.2. The van der Waals surface area contributed by atoms with Crippen molar-refractivity contribution in [2.45, 2.75) is 26.3 Å². The van der Waals surface area contributed by atoms with Gasteiger partial charge in [0.2, 0.25) is 0 Å². The summed E-state index contributed by atoms with van der Waals surface area (Å²) >= 11 is 0.964. The molecule has 0 spiro atoms. The first-order chi connectivity index (χ1) is 23.9. The van der Waals surface area contributed by atoms with Gasteiger partial charge >= 0.3 is 6.09 Å². The number of halogens is 1. The van der Waals surface area contributed by atoms with Crippen molar-refractivity contribution in [2.75, 3.05) is 55.4 Å². The molecule has 6 rings (SSSR count). The van der Waals surface area contributed by atoms with Crippen molar-refractivity contribution in [3.8, 4) is 0 Å². The predicted molar refractivity (Wildman–Crippen MR) is 188 cm³/mol. The number of nitrogens with zero attached hydrogens (tertiary/aromatic N) is 4. The Morgan fingerprint density at radius 1 is 0.960 bits per heavy atom. The van der Waals surface area contributed by atoms with Gasteiger partial charge in [0.05, 0.1) is 39.9 Å². The van der Waals surface area contributed by atoms with Crippen LogP contribution in [0.2, 0.25) is 0 Å². The van der Waals surface area contributed by atoms with E-state index in [0.717, 1.165) is 47.9 Å². The van der Waals surface area contributed by atoms with Crippen molar-refractivity contribution in [3.05, 3.63) is 94.5 Å². The van der Waals surface area contributed by atoms with Crippen LogP contribution in [0.4, 0.5) is 26.4 Å². The molecule has 3 N–H and O–H groups in total. The molecule has 2 aromatic carbocycles. The number of rotatable bonds is 9. The standard InChI is InChI=1S/C35H36FN7O6S/c1-5-48-34(47)43-33-23(20-28(50-33)32(46)39-35(2,3)24-9-6-7-10-25(24)36)29(40-43)38-30(44)22-13-12-21(42-16-14-41(4)15-17-42)19-26(22)37-31(45)27-11-8-18-49-27/h6-13,18-20H,5,14-17H2,1-4H3,(H,37,45)(H,39,46)(H,38,40,44). The second-order valence-corrected chi connectivity index (χ2v) is 13.3. The van der Waals surface area contributed by atoms with Gasteiger partial charge in [0.15, 0.2) is 11.6 Å². The van der Waals surface area contributed by atoms with Crippen molar-refractivity contribution in [3.63, 3.8) is 0 Å². The van der Waals surface area contributed by atoms with E-state index >= 15 is 0 Å². The fraction of sp³-hybridized carbons (Fsp3) is 0.286. The Balaban J connectivity index is 1.32. The van der Waals surface area contributed by atoms with Gasteiger partial charge in [0.1, 0.15) is 10.6 Å². The topological polar surface area (TPSA) is 151 Å². The summed E-state index contributed by atoms with van der Waals surface area (Å²) in [5.74, 6) is -2.09. The van der Waals surface area contributed by atoms with E-state index in [1.54, 1.807) is 63.2 Å². The summed E-state index contributed by atoms with van der Waals surface area (Å²) in [7, 11) is 2.05. The SMILES string of the molecule is CCOC(=O)n1nc(NC(=O)c2ccc(N3CCN(C)CC3)cc2NC(=O)c2ccco2)c2cc(C(=O)NC(C)(C)c3ccccc3F)sc21.